The summed E-state index contributed by atoms with van der Waals surface area (Å²) in [5.41, 5.74) is 4.19. The van der Waals surface area contributed by atoms with E-state index in [2.05, 4.69) is 33.4 Å². The minimum absolute atomic E-state index is 0.150. The molecule has 180 valence electrons. The SMILES string of the molecule is COc1ccc(CCn2c(C)cc(C(=O)CN3CCN([C@H]4CCS(=O)(=O)C4)CC3)c2C)cc1. The molecule has 0 N–H and O–H groups in total. The van der Waals surface area contributed by atoms with Crippen LogP contribution in [0.5, 0.6) is 5.75 Å². The topological polar surface area (TPSA) is 71.8 Å². The first-order chi connectivity index (χ1) is 15.8. The number of rotatable bonds is 8. The number of carbonyl (C=O) groups excluding carboxylic acids is 1. The third-order valence-corrected chi connectivity index (χ3v) is 8.91. The van der Waals surface area contributed by atoms with Gasteiger partial charge in [0.15, 0.2) is 15.6 Å². The minimum atomic E-state index is -2.86. The lowest BCUT2D eigenvalue weighted by Gasteiger charge is -2.37. The zero-order valence-corrected chi connectivity index (χ0v) is 20.7. The molecule has 8 heteroatoms. The summed E-state index contributed by atoms with van der Waals surface area (Å²) in [5.74, 6) is 1.61. The number of carbonyl (C=O) groups is 1. The number of aryl methyl sites for hydroxylation is 2. The summed E-state index contributed by atoms with van der Waals surface area (Å²) in [5, 5.41) is 0. The van der Waals surface area contributed by atoms with Gasteiger partial charge in [-0.25, -0.2) is 8.42 Å². The average Bonchev–Trinajstić information content (AvgIpc) is 3.31. The van der Waals surface area contributed by atoms with E-state index in [9.17, 15) is 13.2 Å². The van der Waals surface area contributed by atoms with Crippen LogP contribution in [-0.4, -0.2) is 85.9 Å². The highest BCUT2D eigenvalue weighted by Gasteiger charge is 2.34. The van der Waals surface area contributed by atoms with Gasteiger partial charge in [0, 0.05) is 55.7 Å². The first-order valence-electron chi connectivity index (χ1n) is 11.8. The summed E-state index contributed by atoms with van der Waals surface area (Å²) < 4.78 is 31.0. The van der Waals surface area contributed by atoms with Gasteiger partial charge in [0.1, 0.15) is 5.75 Å². The lowest BCUT2D eigenvalue weighted by molar-refractivity contribution is 0.0795. The Morgan fingerprint density at radius 2 is 1.79 bits per heavy atom. The lowest BCUT2D eigenvalue weighted by Crippen LogP contribution is -2.51. The number of nitrogens with zero attached hydrogens (tertiary/aromatic N) is 3. The normalized spacial score (nSPS) is 21.4. The van der Waals surface area contributed by atoms with Crippen LogP contribution in [0, 0.1) is 13.8 Å². The van der Waals surface area contributed by atoms with Crippen molar-refractivity contribution in [2.75, 3.05) is 51.3 Å². The van der Waals surface area contributed by atoms with Crippen molar-refractivity contribution in [2.45, 2.75) is 39.3 Å². The van der Waals surface area contributed by atoms with Gasteiger partial charge in [-0.05, 0) is 50.5 Å². The molecule has 2 fully saturated rings. The van der Waals surface area contributed by atoms with E-state index in [0.29, 0.717) is 12.3 Å². The van der Waals surface area contributed by atoms with Crippen LogP contribution in [0.4, 0.5) is 0 Å². The largest absolute Gasteiger partial charge is 0.497 e. The molecule has 1 aromatic carbocycles. The number of ether oxygens (including phenoxy) is 1. The smallest absolute Gasteiger partial charge is 0.178 e. The molecule has 7 nitrogen and oxygen atoms in total. The van der Waals surface area contributed by atoms with Crippen LogP contribution in [0.2, 0.25) is 0 Å². The molecule has 2 aliphatic heterocycles. The zero-order valence-electron chi connectivity index (χ0n) is 19.9. The molecule has 4 rings (SSSR count). The number of methoxy groups -OCH3 is 1. The first kappa shape index (κ1) is 24.0. The van der Waals surface area contributed by atoms with E-state index >= 15 is 0 Å². The van der Waals surface area contributed by atoms with Crippen LogP contribution < -0.4 is 4.74 Å². The number of piperazine rings is 1. The van der Waals surface area contributed by atoms with Gasteiger partial charge >= 0.3 is 0 Å². The molecule has 0 bridgehead atoms. The minimum Gasteiger partial charge on any atom is -0.497 e. The lowest BCUT2D eigenvalue weighted by atomic mass is 10.1. The Labute approximate surface area is 197 Å². The van der Waals surface area contributed by atoms with Gasteiger partial charge in [0.25, 0.3) is 0 Å². The second kappa shape index (κ2) is 9.99. The van der Waals surface area contributed by atoms with Crippen LogP contribution in [0.1, 0.15) is 33.7 Å². The Hall–Kier alpha value is -2.16. The fourth-order valence-electron chi connectivity index (χ4n) is 5.10. The van der Waals surface area contributed by atoms with Crippen LogP contribution in [0.25, 0.3) is 0 Å². The highest BCUT2D eigenvalue weighted by Crippen LogP contribution is 2.21. The van der Waals surface area contributed by atoms with Crippen molar-refractivity contribution in [3.05, 3.63) is 52.8 Å². The molecular weight excluding hydrogens is 438 g/mol. The Morgan fingerprint density at radius 3 is 2.39 bits per heavy atom. The molecule has 2 saturated heterocycles. The average molecular weight is 474 g/mol. The quantitative estimate of drug-likeness (QED) is 0.548. The number of ketones is 1. The van der Waals surface area contributed by atoms with Gasteiger partial charge in [0.05, 0.1) is 25.2 Å². The van der Waals surface area contributed by atoms with E-state index in [1.165, 1.54) is 5.56 Å². The maximum Gasteiger partial charge on any atom is 0.178 e. The molecule has 0 radical (unpaired) electrons. The second-order valence-corrected chi connectivity index (χ2v) is 11.6. The van der Waals surface area contributed by atoms with Crippen LogP contribution in [0.3, 0.4) is 0 Å². The van der Waals surface area contributed by atoms with Crippen molar-refractivity contribution in [2.24, 2.45) is 0 Å². The molecular formula is C25H35N3O4S. The number of Topliss-reactive ketones (excluding diaryl/α,β-unsaturated/α-hetero) is 1. The summed E-state index contributed by atoms with van der Waals surface area (Å²) in [7, 11) is -1.19. The number of hydrogen-bond donors (Lipinski definition) is 0. The summed E-state index contributed by atoms with van der Waals surface area (Å²) in [6.07, 6.45) is 1.64. The van der Waals surface area contributed by atoms with Gasteiger partial charge in [-0.2, -0.15) is 0 Å². The maximum absolute atomic E-state index is 13.1. The molecule has 0 unspecified atom stereocenters. The predicted octanol–water partition coefficient (Wildman–Crippen LogP) is 2.34. The van der Waals surface area contributed by atoms with Gasteiger partial charge in [0.2, 0.25) is 0 Å². The molecule has 3 heterocycles. The Balaban J connectivity index is 1.31. The van der Waals surface area contributed by atoms with Gasteiger partial charge < -0.3 is 9.30 Å². The fourth-order valence-corrected chi connectivity index (χ4v) is 6.86. The van der Waals surface area contributed by atoms with E-state index in [0.717, 1.165) is 68.3 Å². The predicted molar refractivity (Wildman–Crippen MR) is 130 cm³/mol. The van der Waals surface area contributed by atoms with E-state index in [4.69, 9.17) is 4.74 Å². The van der Waals surface area contributed by atoms with Crippen molar-refractivity contribution in [3.63, 3.8) is 0 Å². The van der Waals surface area contributed by atoms with E-state index in [1.54, 1.807) is 7.11 Å². The zero-order chi connectivity index (χ0) is 23.6. The molecule has 2 aliphatic rings. The molecule has 0 spiro atoms. The molecule has 0 amide bonds. The number of aromatic nitrogens is 1. The third-order valence-electron chi connectivity index (χ3n) is 7.16. The Kier molecular flexibility index (Phi) is 7.26. The summed E-state index contributed by atoms with van der Waals surface area (Å²) in [6, 6.07) is 10.3. The Morgan fingerprint density at radius 1 is 1.09 bits per heavy atom. The maximum atomic E-state index is 13.1. The van der Waals surface area contributed by atoms with Gasteiger partial charge in [-0.1, -0.05) is 12.1 Å². The van der Waals surface area contributed by atoms with E-state index in [1.807, 2.05) is 25.1 Å². The number of hydrogen-bond acceptors (Lipinski definition) is 6. The molecule has 1 aromatic heterocycles. The summed E-state index contributed by atoms with van der Waals surface area (Å²) in [4.78, 5) is 17.6. The summed E-state index contributed by atoms with van der Waals surface area (Å²) >= 11 is 0. The van der Waals surface area contributed by atoms with Gasteiger partial charge in [-0.15, -0.1) is 0 Å². The standard InChI is InChI=1S/C25H35N3O4S/c1-19-16-24(20(2)28(19)10-8-21-4-6-23(32-3)7-5-21)25(29)17-26-11-13-27(14-12-26)22-9-15-33(30,31)18-22/h4-7,16,22H,8-15,17-18H2,1-3H3/t22-/m0/s1. The monoisotopic (exact) mass is 473 g/mol. The summed E-state index contributed by atoms with van der Waals surface area (Å²) in [6.45, 7) is 8.61. The molecule has 33 heavy (non-hydrogen) atoms. The van der Waals surface area contributed by atoms with Crippen LogP contribution in [-0.2, 0) is 22.8 Å². The van der Waals surface area contributed by atoms with Gasteiger partial charge in [-0.3, -0.25) is 14.6 Å². The molecule has 0 saturated carbocycles. The van der Waals surface area contributed by atoms with Crippen LogP contribution >= 0.6 is 0 Å². The van der Waals surface area contributed by atoms with Crippen molar-refractivity contribution >= 4 is 15.6 Å². The molecule has 1 atom stereocenters. The highest BCUT2D eigenvalue weighted by atomic mass is 32.2. The van der Waals surface area contributed by atoms with E-state index in [-0.39, 0.29) is 17.6 Å². The molecule has 2 aromatic rings. The van der Waals surface area contributed by atoms with Crippen molar-refractivity contribution in [3.8, 4) is 5.75 Å². The Bertz CT molecular complexity index is 1080. The first-order valence-corrected chi connectivity index (χ1v) is 13.6. The highest BCUT2D eigenvalue weighted by molar-refractivity contribution is 7.91. The van der Waals surface area contributed by atoms with Crippen LogP contribution in [0.15, 0.2) is 30.3 Å². The second-order valence-electron chi connectivity index (χ2n) is 9.33. The van der Waals surface area contributed by atoms with Crippen molar-refractivity contribution < 1.29 is 17.9 Å². The third kappa shape index (κ3) is 5.67. The number of benzene rings is 1. The van der Waals surface area contributed by atoms with E-state index < -0.39 is 9.84 Å². The van der Waals surface area contributed by atoms with Crippen molar-refractivity contribution in [1.82, 2.24) is 14.4 Å². The number of sulfone groups is 1. The molecule has 0 aliphatic carbocycles. The fraction of sp³-hybridized carbons (Fsp3) is 0.560. The van der Waals surface area contributed by atoms with Crippen molar-refractivity contribution in [1.29, 1.82) is 0 Å².